The van der Waals surface area contributed by atoms with Crippen LogP contribution < -0.4 is 0 Å². The van der Waals surface area contributed by atoms with Gasteiger partial charge in [-0.1, -0.05) is 18.2 Å². The lowest BCUT2D eigenvalue weighted by Gasteiger charge is -2.10. The summed E-state index contributed by atoms with van der Waals surface area (Å²) in [7, 11) is 0. The van der Waals surface area contributed by atoms with E-state index in [2.05, 4.69) is 0 Å². The van der Waals surface area contributed by atoms with Crippen molar-refractivity contribution < 1.29 is 15.3 Å². The normalized spacial score (nSPS) is 10.4. The topological polar surface area (TPSA) is 60.7 Å². The van der Waals surface area contributed by atoms with E-state index in [0.717, 1.165) is 16.7 Å². The summed E-state index contributed by atoms with van der Waals surface area (Å²) in [4.78, 5) is 0. The van der Waals surface area contributed by atoms with E-state index in [1.54, 1.807) is 18.2 Å². The molecule has 3 N–H and O–H groups in total. The zero-order valence-corrected chi connectivity index (χ0v) is 7.40. The van der Waals surface area contributed by atoms with Gasteiger partial charge >= 0.3 is 0 Å². The van der Waals surface area contributed by atoms with E-state index in [1.807, 2.05) is 0 Å². The molecular weight excluding hydrogens is 168 g/mol. The van der Waals surface area contributed by atoms with Crippen LogP contribution in [0.25, 0.3) is 0 Å². The van der Waals surface area contributed by atoms with Gasteiger partial charge in [0.15, 0.2) is 0 Å². The summed E-state index contributed by atoms with van der Waals surface area (Å²) >= 11 is 0. The summed E-state index contributed by atoms with van der Waals surface area (Å²) in [6.07, 6.45) is 0.479. The van der Waals surface area contributed by atoms with Crippen LogP contribution >= 0.6 is 0 Å². The molecule has 0 aliphatic heterocycles. The average Bonchev–Trinajstić information content (AvgIpc) is 2.18. The Bertz CT molecular complexity index is 249. The Balaban J connectivity index is 3.05. The molecule has 0 aliphatic rings. The molecule has 3 nitrogen and oxygen atoms in total. The summed E-state index contributed by atoms with van der Waals surface area (Å²) in [5.74, 6) is 0. The first kappa shape index (κ1) is 10.2. The molecule has 13 heavy (non-hydrogen) atoms. The fourth-order valence-electron chi connectivity index (χ4n) is 1.42. The second kappa shape index (κ2) is 4.97. The highest BCUT2D eigenvalue weighted by Gasteiger charge is 2.05. The highest BCUT2D eigenvalue weighted by Crippen LogP contribution is 2.15. The first-order valence-electron chi connectivity index (χ1n) is 4.25. The van der Waals surface area contributed by atoms with E-state index in [0.29, 0.717) is 6.42 Å². The van der Waals surface area contributed by atoms with E-state index in [1.165, 1.54) is 0 Å². The maximum Gasteiger partial charge on any atom is 0.0684 e. The average molecular weight is 182 g/mol. The number of hydrogen-bond acceptors (Lipinski definition) is 3. The molecule has 0 fully saturated rings. The molecule has 0 amide bonds. The number of aliphatic hydroxyl groups excluding tert-OH is 3. The minimum atomic E-state index is -0.0524. The van der Waals surface area contributed by atoms with Crippen LogP contribution in [-0.2, 0) is 19.6 Å². The molecule has 0 bridgehead atoms. The molecule has 1 aromatic rings. The zero-order valence-electron chi connectivity index (χ0n) is 7.40. The van der Waals surface area contributed by atoms with E-state index < -0.39 is 0 Å². The monoisotopic (exact) mass is 182 g/mol. The van der Waals surface area contributed by atoms with E-state index in [9.17, 15) is 0 Å². The molecular formula is C10H14O3. The van der Waals surface area contributed by atoms with Crippen LogP contribution in [0, 0.1) is 0 Å². The van der Waals surface area contributed by atoms with Crippen LogP contribution in [0.2, 0.25) is 0 Å². The second-order valence-electron chi connectivity index (χ2n) is 2.84. The van der Waals surface area contributed by atoms with Gasteiger partial charge in [0.25, 0.3) is 0 Å². The van der Waals surface area contributed by atoms with Gasteiger partial charge in [-0.3, -0.25) is 0 Å². The lowest BCUT2D eigenvalue weighted by atomic mass is 9.99. The van der Waals surface area contributed by atoms with E-state index >= 15 is 0 Å². The smallest absolute Gasteiger partial charge is 0.0684 e. The molecule has 0 saturated carbocycles. The van der Waals surface area contributed by atoms with Crippen molar-refractivity contribution in [1.82, 2.24) is 0 Å². The van der Waals surface area contributed by atoms with Gasteiger partial charge in [0.1, 0.15) is 0 Å². The standard InChI is InChI=1S/C10H14O3/c11-5-4-10-8(6-12)2-1-3-9(10)7-13/h1-3,11-13H,4-7H2. The van der Waals surface area contributed by atoms with Crippen LogP contribution in [0.3, 0.4) is 0 Å². The highest BCUT2D eigenvalue weighted by atomic mass is 16.3. The maximum absolute atomic E-state index is 9.00. The lowest BCUT2D eigenvalue weighted by molar-refractivity contribution is 0.266. The summed E-state index contributed by atoms with van der Waals surface area (Å²) in [6, 6.07) is 5.38. The molecule has 0 unspecified atom stereocenters. The van der Waals surface area contributed by atoms with Crippen LogP contribution in [0.15, 0.2) is 18.2 Å². The number of hydrogen-bond donors (Lipinski definition) is 3. The highest BCUT2D eigenvalue weighted by molar-refractivity contribution is 5.34. The van der Waals surface area contributed by atoms with Crippen molar-refractivity contribution in [3.63, 3.8) is 0 Å². The van der Waals surface area contributed by atoms with Crippen molar-refractivity contribution in [2.24, 2.45) is 0 Å². The van der Waals surface area contributed by atoms with E-state index in [4.69, 9.17) is 15.3 Å². The van der Waals surface area contributed by atoms with Gasteiger partial charge in [-0.15, -0.1) is 0 Å². The number of aliphatic hydroxyl groups is 3. The fraction of sp³-hybridized carbons (Fsp3) is 0.400. The predicted octanol–water partition coefficient (Wildman–Crippen LogP) is 0.206. The van der Waals surface area contributed by atoms with Crippen molar-refractivity contribution in [2.45, 2.75) is 19.6 Å². The van der Waals surface area contributed by atoms with Crippen LogP contribution in [0.4, 0.5) is 0 Å². The molecule has 0 aromatic heterocycles. The molecule has 0 aliphatic carbocycles. The summed E-state index contributed by atoms with van der Waals surface area (Å²) < 4.78 is 0. The first-order chi connectivity index (χ1) is 6.33. The molecule has 1 aromatic carbocycles. The van der Waals surface area contributed by atoms with Crippen molar-refractivity contribution in [1.29, 1.82) is 0 Å². The van der Waals surface area contributed by atoms with Crippen molar-refractivity contribution in [2.75, 3.05) is 6.61 Å². The molecule has 0 saturated heterocycles. The number of rotatable bonds is 4. The Morgan fingerprint density at radius 3 is 1.85 bits per heavy atom. The van der Waals surface area contributed by atoms with Crippen molar-refractivity contribution in [3.05, 3.63) is 34.9 Å². The molecule has 0 heterocycles. The van der Waals surface area contributed by atoms with Gasteiger partial charge in [-0.2, -0.15) is 0 Å². The van der Waals surface area contributed by atoms with Gasteiger partial charge in [0.05, 0.1) is 13.2 Å². The van der Waals surface area contributed by atoms with Crippen molar-refractivity contribution >= 4 is 0 Å². The zero-order chi connectivity index (χ0) is 9.68. The Kier molecular flexibility index (Phi) is 3.89. The Morgan fingerprint density at radius 2 is 1.46 bits per heavy atom. The minimum absolute atomic E-state index is 0.0318. The van der Waals surface area contributed by atoms with Crippen LogP contribution in [0.5, 0.6) is 0 Å². The SMILES string of the molecule is OCCc1c(CO)cccc1CO. The first-order valence-corrected chi connectivity index (χ1v) is 4.25. The Labute approximate surface area is 77.3 Å². The number of benzene rings is 1. The molecule has 0 radical (unpaired) electrons. The lowest BCUT2D eigenvalue weighted by Crippen LogP contribution is -2.02. The molecule has 0 spiro atoms. The maximum atomic E-state index is 9.00. The Hall–Kier alpha value is -0.900. The van der Waals surface area contributed by atoms with Gasteiger partial charge in [0, 0.05) is 6.61 Å². The quantitative estimate of drug-likeness (QED) is 0.623. The minimum Gasteiger partial charge on any atom is -0.396 e. The molecule has 72 valence electrons. The molecule has 0 atom stereocenters. The second-order valence-corrected chi connectivity index (χ2v) is 2.84. The predicted molar refractivity (Wildman–Crippen MR) is 49.1 cm³/mol. The fourth-order valence-corrected chi connectivity index (χ4v) is 1.42. The van der Waals surface area contributed by atoms with Gasteiger partial charge in [-0.25, -0.2) is 0 Å². The van der Waals surface area contributed by atoms with Crippen molar-refractivity contribution in [3.8, 4) is 0 Å². The largest absolute Gasteiger partial charge is 0.396 e. The van der Waals surface area contributed by atoms with Crippen LogP contribution in [0.1, 0.15) is 16.7 Å². The van der Waals surface area contributed by atoms with Gasteiger partial charge < -0.3 is 15.3 Å². The summed E-state index contributed by atoms with van der Waals surface area (Å²) in [5, 5.41) is 26.8. The third kappa shape index (κ3) is 2.28. The third-order valence-electron chi connectivity index (χ3n) is 2.07. The van der Waals surface area contributed by atoms with E-state index in [-0.39, 0.29) is 19.8 Å². The van der Waals surface area contributed by atoms with Gasteiger partial charge in [0.2, 0.25) is 0 Å². The van der Waals surface area contributed by atoms with Crippen LogP contribution in [-0.4, -0.2) is 21.9 Å². The molecule has 3 heteroatoms. The van der Waals surface area contributed by atoms with Gasteiger partial charge in [-0.05, 0) is 23.1 Å². The molecule has 1 rings (SSSR count). The summed E-state index contributed by atoms with van der Waals surface area (Å²) in [5.41, 5.74) is 2.41. The third-order valence-corrected chi connectivity index (χ3v) is 2.07. The summed E-state index contributed by atoms with van der Waals surface area (Å²) in [6.45, 7) is -0.0731. The Morgan fingerprint density at radius 1 is 0.923 bits per heavy atom.